The van der Waals surface area contributed by atoms with Gasteiger partial charge in [0.2, 0.25) is 0 Å². The Kier molecular flexibility index (Phi) is 8.18. The molecule has 0 fully saturated rings. The van der Waals surface area contributed by atoms with E-state index in [0.717, 1.165) is 5.56 Å². The van der Waals surface area contributed by atoms with E-state index in [4.69, 9.17) is 15.2 Å². The van der Waals surface area contributed by atoms with Crippen LogP contribution in [0.3, 0.4) is 0 Å². The number of para-hydroxylation sites is 1. The molecule has 0 heterocycles. The molecule has 0 aliphatic rings. The standard InChI is InChI=1S/C15H25FN2O2/c1-3-19-10-8-18(9-11-20-4-2)15-13(12-17)6-5-7-14(15)16/h5-7H,3-4,8-12,17H2,1-2H3. The topological polar surface area (TPSA) is 47.7 Å². The highest BCUT2D eigenvalue weighted by atomic mass is 19.1. The highest BCUT2D eigenvalue weighted by Gasteiger charge is 2.15. The van der Waals surface area contributed by atoms with Gasteiger partial charge in [-0.05, 0) is 25.5 Å². The van der Waals surface area contributed by atoms with Crippen LogP contribution in [0.1, 0.15) is 19.4 Å². The molecule has 20 heavy (non-hydrogen) atoms. The third kappa shape index (κ3) is 5.07. The summed E-state index contributed by atoms with van der Waals surface area (Å²) in [7, 11) is 0. The molecule has 0 saturated carbocycles. The van der Waals surface area contributed by atoms with Crippen LogP contribution in [0.15, 0.2) is 18.2 Å². The van der Waals surface area contributed by atoms with Crippen molar-refractivity contribution < 1.29 is 13.9 Å². The van der Waals surface area contributed by atoms with Gasteiger partial charge >= 0.3 is 0 Å². The average Bonchev–Trinajstić information content (AvgIpc) is 2.46. The monoisotopic (exact) mass is 284 g/mol. The normalized spacial score (nSPS) is 10.8. The molecule has 4 nitrogen and oxygen atoms in total. The molecule has 114 valence electrons. The number of nitrogens with two attached hydrogens (primary N) is 1. The molecule has 0 saturated heterocycles. The Bertz CT molecular complexity index is 378. The first kappa shape index (κ1) is 16.9. The first-order valence-electron chi connectivity index (χ1n) is 7.12. The van der Waals surface area contributed by atoms with E-state index in [1.807, 2.05) is 24.8 Å². The van der Waals surface area contributed by atoms with E-state index in [0.29, 0.717) is 51.7 Å². The first-order valence-corrected chi connectivity index (χ1v) is 7.12. The quantitative estimate of drug-likeness (QED) is 0.669. The van der Waals surface area contributed by atoms with Crippen LogP contribution in [0.2, 0.25) is 0 Å². The molecular weight excluding hydrogens is 259 g/mol. The average molecular weight is 284 g/mol. The van der Waals surface area contributed by atoms with Crippen LogP contribution in [0.25, 0.3) is 0 Å². The smallest absolute Gasteiger partial charge is 0.146 e. The highest BCUT2D eigenvalue weighted by molar-refractivity contribution is 5.55. The maximum Gasteiger partial charge on any atom is 0.146 e. The Balaban J connectivity index is 2.84. The van der Waals surface area contributed by atoms with E-state index in [9.17, 15) is 4.39 Å². The Labute approximate surface area is 120 Å². The summed E-state index contributed by atoms with van der Waals surface area (Å²) in [5, 5.41) is 0. The van der Waals surface area contributed by atoms with Crippen molar-refractivity contribution in [2.75, 3.05) is 44.4 Å². The van der Waals surface area contributed by atoms with E-state index in [1.54, 1.807) is 6.07 Å². The number of benzene rings is 1. The molecule has 0 atom stereocenters. The molecule has 0 spiro atoms. The van der Waals surface area contributed by atoms with E-state index in [2.05, 4.69) is 0 Å². The van der Waals surface area contributed by atoms with Gasteiger partial charge in [-0.1, -0.05) is 12.1 Å². The lowest BCUT2D eigenvalue weighted by Crippen LogP contribution is -2.33. The summed E-state index contributed by atoms with van der Waals surface area (Å²) in [6.07, 6.45) is 0. The van der Waals surface area contributed by atoms with Gasteiger partial charge in [0.05, 0.1) is 18.9 Å². The van der Waals surface area contributed by atoms with Gasteiger partial charge in [0.1, 0.15) is 5.82 Å². The fourth-order valence-electron chi connectivity index (χ4n) is 2.05. The lowest BCUT2D eigenvalue weighted by molar-refractivity contribution is 0.141. The molecule has 5 heteroatoms. The van der Waals surface area contributed by atoms with Gasteiger partial charge in [-0.3, -0.25) is 0 Å². The Morgan fingerprint density at radius 1 is 1.10 bits per heavy atom. The van der Waals surface area contributed by atoms with Crippen molar-refractivity contribution in [2.24, 2.45) is 5.73 Å². The molecule has 0 amide bonds. The van der Waals surface area contributed by atoms with Gasteiger partial charge in [0, 0.05) is 32.8 Å². The summed E-state index contributed by atoms with van der Waals surface area (Å²) in [6, 6.07) is 5.00. The van der Waals surface area contributed by atoms with E-state index in [1.165, 1.54) is 6.07 Å². The molecule has 0 aromatic heterocycles. The number of anilines is 1. The van der Waals surface area contributed by atoms with E-state index in [-0.39, 0.29) is 5.82 Å². The van der Waals surface area contributed by atoms with Crippen molar-refractivity contribution in [1.82, 2.24) is 0 Å². The second kappa shape index (κ2) is 9.69. The Morgan fingerprint density at radius 3 is 2.20 bits per heavy atom. The SMILES string of the molecule is CCOCCN(CCOCC)c1c(F)cccc1CN. The summed E-state index contributed by atoms with van der Waals surface area (Å²) < 4.78 is 24.9. The lowest BCUT2D eigenvalue weighted by Gasteiger charge is -2.27. The summed E-state index contributed by atoms with van der Waals surface area (Å²) in [6.45, 7) is 7.86. The molecule has 0 unspecified atom stereocenters. The van der Waals surface area contributed by atoms with Crippen LogP contribution in [0.5, 0.6) is 0 Å². The van der Waals surface area contributed by atoms with E-state index < -0.39 is 0 Å². The summed E-state index contributed by atoms with van der Waals surface area (Å²) in [4.78, 5) is 1.95. The lowest BCUT2D eigenvalue weighted by atomic mass is 10.1. The fourth-order valence-corrected chi connectivity index (χ4v) is 2.05. The third-order valence-electron chi connectivity index (χ3n) is 3.03. The molecule has 1 rings (SSSR count). The molecular formula is C15H25FN2O2. The third-order valence-corrected chi connectivity index (χ3v) is 3.03. The van der Waals surface area contributed by atoms with Crippen LogP contribution in [0, 0.1) is 5.82 Å². The number of ether oxygens (including phenoxy) is 2. The van der Waals surface area contributed by atoms with Crippen LogP contribution >= 0.6 is 0 Å². The molecule has 2 N–H and O–H groups in total. The van der Waals surface area contributed by atoms with Crippen molar-refractivity contribution in [3.8, 4) is 0 Å². The zero-order valence-corrected chi connectivity index (χ0v) is 12.4. The number of nitrogens with zero attached hydrogens (tertiary/aromatic N) is 1. The predicted octanol–water partition coefficient (Wildman–Crippen LogP) is 2.16. The molecule has 1 aromatic rings. The Hall–Kier alpha value is -1.17. The second-order valence-electron chi connectivity index (χ2n) is 4.33. The van der Waals surface area contributed by atoms with Crippen molar-refractivity contribution in [1.29, 1.82) is 0 Å². The maximum absolute atomic E-state index is 14.1. The van der Waals surface area contributed by atoms with Gasteiger partial charge in [-0.2, -0.15) is 0 Å². The largest absolute Gasteiger partial charge is 0.380 e. The van der Waals surface area contributed by atoms with Gasteiger partial charge in [-0.25, -0.2) is 4.39 Å². The molecule has 1 aromatic carbocycles. The number of rotatable bonds is 10. The first-order chi connectivity index (χ1) is 9.74. The summed E-state index contributed by atoms with van der Waals surface area (Å²) in [5.74, 6) is -0.249. The van der Waals surface area contributed by atoms with Crippen molar-refractivity contribution >= 4 is 5.69 Å². The van der Waals surface area contributed by atoms with Crippen LogP contribution in [0.4, 0.5) is 10.1 Å². The minimum absolute atomic E-state index is 0.249. The van der Waals surface area contributed by atoms with Crippen LogP contribution in [-0.2, 0) is 16.0 Å². The molecule has 0 bridgehead atoms. The minimum atomic E-state index is -0.249. The fraction of sp³-hybridized carbons (Fsp3) is 0.600. The number of hydrogen-bond acceptors (Lipinski definition) is 4. The second-order valence-corrected chi connectivity index (χ2v) is 4.33. The zero-order chi connectivity index (χ0) is 14.8. The van der Waals surface area contributed by atoms with Crippen molar-refractivity contribution in [2.45, 2.75) is 20.4 Å². The minimum Gasteiger partial charge on any atom is -0.380 e. The number of halogens is 1. The van der Waals surface area contributed by atoms with Gasteiger partial charge in [-0.15, -0.1) is 0 Å². The van der Waals surface area contributed by atoms with Gasteiger partial charge < -0.3 is 20.1 Å². The molecule has 0 aliphatic heterocycles. The van der Waals surface area contributed by atoms with Crippen molar-refractivity contribution in [3.05, 3.63) is 29.6 Å². The van der Waals surface area contributed by atoms with Gasteiger partial charge in [0.15, 0.2) is 0 Å². The van der Waals surface area contributed by atoms with E-state index >= 15 is 0 Å². The van der Waals surface area contributed by atoms with Gasteiger partial charge in [0.25, 0.3) is 0 Å². The Morgan fingerprint density at radius 2 is 1.70 bits per heavy atom. The number of hydrogen-bond donors (Lipinski definition) is 1. The highest BCUT2D eigenvalue weighted by Crippen LogP contribution is 2.24. The maximum atomic E-state index is 14.1. The summed E-state index contributed by atoms with van der Waals surface area (Å²) >= 11 is 0. The van der Waals surface area contributed by atoms with Crippen LogP contribution < -0.4 is 10.6 Å². The molecule has 0 aliphatic carbocycles. The zero-order valence-electron chi connectivity index (χ0n) is 12.4. The van der Waals surface area contributed by atoms with Crippen LogP contribution in [-0.4, -0.2) is 39.5 Å². The van der Waals surface area contributed by atoms with Crippen molar-refractivity contribution in [3.63, 3.8) is 0 Å². The molecule has 0 radical (unpaired) electrons. The predicted molar refractivity (Wildman–Crippen MR) is 79.5 cm³/mol. The summed E-state index contributed by atoms with van der Waals surface area (Å²) in [5.41, 5.74) is 7.08.